The summed E-state index contributed by atoms with van der Waals surface area (Å²) in [6, 6.07) is 2.35. The van der Waals surface area contributed by atoms with Crippen LogP contribution in [0.15, 0.2) is 12.3 Å². The van der Waals surface area contributed by atoms with Crippen molar-refractivity contribution in [1.29, 1.82) is 0 Å². The molecule has 0 radical (unpaired) electrons. The summed E-state index contributed by atoms with van der Waals surface area (Å²) in [4.78, 5) is 0. The topological polar surface area (TPSA) is 50.1 Å². The second-order valence-corrected chi connectivity index (χ2v) is 4.69. The van der Waals surface area contributed by atoms with Crippen molar-refractivity contribution in [2.24, 2.45) is 0 Å². The van der Waals surface area contributed by atoms with Gasteiger partial charge in [-0.05, 0) is 32.9 Å². The van der Waals surface area contributed by atoms with E-state index in [1.807, 2.05) is 10.7 Å². The second-order valence-electron chi connectivity index (χ2n) is 4.69. The lowest BCUT2D eigenvalue weighted by molar-refractivity contribution is 0.0594. The third kappa shape index (κ3) is 2.21. The van der Waals surface area contributed by atoms with Gasteiger partial charge in [-0.15, -0.1) is 0 Å². The predicted molar refractivity (Wildman–Crippen MR) is 58.8 cm³/mol. The van der Waals surface area contributed by atoms with Crippen LogP contribution in [0.4, 0.5) is 0 Å². The lowest BCUT2D eigenvalue weighted by atomic mass is 9.97. The highest BCUT2D eigenvalue weighted by molar-refractivity contribution is 5.08. The van der Waals surface area contributed by atoms with E-state index in [1.165, 1.54) is 0 Å². The van der Waals surface area contributed by atoms with Gasteiger partial charge in [0.1, 0.15) is 0 Å². The molecule has 0 amide bonds. The van der Waals surface area contributed by atoms with Crippen LogP contribution in [0.2, 0.25) is 0 Å². The number of nitrogens with zero attached hydrogens (tertiary/aromatic N) is 2. The van der Waals surface area contributed by atoms with Crippen molar-refractivity contribution in [3.63, 3.8) is 0 Å². The maximum atomic E-state index is 10.3. The maximum absolute atomic E-state index is 10.3. The molecule has 0 bridgehead atoms. The third-order valence-electron chi connectivity index (χ3n) is 2.97. The van der Waals surface area contributed by atoms with Crippen LogP contribution in [0.1, 0.15) is 32.0 Å². The van der Waals surface area contributed by atoms with E-state index in [9.17, 15) is 5.11 Å². The molecule has 1 aromatic heterocycles. The SMILES string of the molecule is CC(C)n1nccc1CC1(O)CCNC1. The van der Waals surface area contributed by atoms with E-state index >= 15 is 0 Å². The minimum Gasteiger partial charge on any atom is -0.388 e. The summed E-state index contributed by atoms with van der Waals surface area (Å²) >= 11 is 0. The van der Waals surface area contributed by atoms with Gasteiger partial charge >= 0.3 is 0 Å². The Hall–Kier alpha value is -0.870. The summed E-state index contributed by atoms with van der Waals surface area (Å²) in [5, 5.41) is 17.7. The molecule has 1 saturated heterocycles. The molecule has 1 aliphatic heterocycles. The maximum Gasteiger partial charge on any atom is 0.0838 e. The lowest BCUT2D eigenvalue weighted by Crippen LogP contribution is -2.34. The number of aliphatic hydroxyl groups is 1. The normalized spacial score (nSPS) is 26.4. The summed E-state index contributed by atoms with van der Waals surface area (Å²) in [6.07, 6.45) is 3.33. The number of hydrogen-bond donors (Lipinski definition) is 2. The molecule has 0 saturated carbocycles. The van der Waals surface area contributed by atoms with Gasteiger partial charge < -0.3 is 10.4 Å². The summed E-state index contributed by atoms with van der Waals surface area (Å²) in [5.41, 5.74) is 0.545. The van der Waals surface area contributed by atoms with Crippen LogP contribution in [0, 0.1) is 0 Å². The van der Waals surface area contributed by atoms with Crippen LogP contribution in [-0.2, 0) is 6.42 Å². The average molecular weight is 209 g/mol. The number of rotatable bonds is 3. The fourth-order valence-electron chi connectivity index (χ4n) is 2.17. The summed E-state index contributed by atoms with van der Waals surface area (Å²) in [5.74, 6) is 0. The van der Waals surface area contributed by atoms with E-state index < -0.39 is 5.60 Å². The molecule has 1 aromatic rings. The van der Waals surface area contributed by atoms with Crippen molar-refractivity contribution in [3.05, 3.63) is 18.0 Å². The van der Waals surface area contributed by atoms with Crippen molar-refractivity contribution < 1.29 is 5.11 Å². The molecule has 4 heteroatoms. The Morgan fingerprint density at radius 1 is 1.67 bits per heavy atom. The Balaban J connectivity index is 2.13. The van der Waals surface area contributed by atoms with Crippen molar-refractivity contribution in [1.82, 2.24) is 15.1 Å². The van der Waals surface area contributed by atoms with Crippen LogP contribution in [0.3, 0.4) is 0 Å². The van der Waals surface area contributed by atoms with Crippen LogP contribution in [-0.4, -0.2) is 33.6 Å². The number of aromatic nitrogens is 2. The molecule has 1 aliphatic rings. The predicted octanol–water partition coefficient (Wildman–Crippen LogP) is 0.731. The van der Waals surface area contributed by atoms with Crippen LogP contribution < -0.4 is 5.32 Å². The summed E-state index contributed by atoms with van der Waals surface area (Å²) < 4.78 is 1.98. The average Bonchev–Trinajstić information content (AvgIpc) is 2.75. The quantitative estimate of drug-likeness (QED) is 0.771. The Morgan fingerprint density at radius 3 is 3.07 bits per heavy atom. The molecule has 0 spiro atoms. The van der Waals surface area contributed by atoms with Gasteiger partial charge in [0.15, 0.2) is 0 Å². The van der Waals surface area contributed by atoms with Gasteiger partial charge in [-0.3, -0.25) is 4.68 Å². The minimum atomic E-state index is -0.577. The van der Waals surface area contributed by atoms with E-state index in [1.54, 1.807) is 6.20 Å². The molecule has 1 unspecified atom stereocenters. The van der Waals surface area contributed by atoms with E-state index in [0.29, 0.717) is 19.0 Å². The van der Waals surface area contributed by atoms with Crippen LogP contribution in [0.25, 0.3) is 0 Å². The van der Waals surface area contributed by atoms with Gasteiger partial charge in [-0.2, -0.15) is 5.10 Å². The van der Waals surface area contributed by atoms with Crippen molar-refractivity contribution in [3.8, 4) is 0 Å². The first-order chi connectivity index (χ1) is 7.11. The number of β-amino-alcohol motifs (C(OH)–C–C–N with tert-alkyl or cyclic N) is 1. The minimum absolute atomic E-state index is 0.355. The first-order valence-electron chi connectivity index (χ1n) is 5.56. The second kappa shape index (κ2) is 3.94. The zero-order valence-electron chi connectivity index (χ0n) is 9.40. The van der Waals surface area contributed by atoms with E-state index in [0.717, 1.165) is 18.7 Å². The molecule has 0 aromatic carbocycles. The Kier molecular flexibility index (Phi) is 2.80. The smallest absolute Gasteiger partial charge is 0.0838 e. The molecule has 2 heterocycles. The van der Waals surface area contributed by atoms with Gasteiger partial charge in [0.2, 0.25) is 0 Å². The van der Waals surface area contributed by atoms with Crippen molar-refractivity contribution in [2.75, 3.05) is 13.1 Å². The highest BCUT2D eigenvalue weighted by atomic mass is 16.3. The number of hydrogen-bond acceptors (Lipinski definition) is 3. The molecular formula is C11H19N3O. The highest BCUT2D eigenvalue weighted by Gasteiger charge is 2.32. The zero-order valence-corrected chi connectivity index (χ0v) is 9.40. The standard InChI is InChI=1S/C11H19N3O/c1-9(2)14-10(3-5-13-14)7-11(15)4-6-12-8-11/h3,5,9,12,15H,4,6-8H2,1-2H3. The summed E-state index contributed by atoms with van der Waals surface area (Å²) in [7, 11) is 0. The fraction of sp³-hybridized carbons (Fsp3) is 0.727. The van der Waals surface area contributed by atoms with Crippen LogP contribution in [0.5, 0.6) is 0 Å². The monoisotopic (exact) mass is 209 g/mol. The number of nitrogens with one attached hydrogen (secondary N) is 1. The first kappa shape index (κ1) is 10.6. The molecular weight excluding hydrogens is 190 g/mol. The van der Waals surface area contributed by atoms with E-state index in [2.05, 4.69) is 24.3 Å². The van der Waals surface area contributed by atoms with Gasteiger partial charge in [0.25, 0.3) is 0 Å². The van der Waals surface area contributed by atoms with Crippen LogP contribution >= 0.6 is 0 Å². The van der Waals surface area contributed by atoms with E-state index in [4.69, 9.17) is 0 Å². The molecule has 15 heavy (non-hydrogen) atoms. The van der Waals surface area contributed by atoms with Gasteiger partial charge in [0, 0.05) is 30.9 Å². The summed E-state index contributed by atoms with van der Waals surface area (Å²) in [6.45, 7) is 5.81. The Morgan fingerprint density at radius 2 is 2.47 bits per heavy atom. The largest absolute Gasteiger partial charge is 0.388 e. The molecule has 1 atom stereocenters. The van der Waals surface area contributed by atoms with Gasteiger partial charge in [-0.1, -0.05) is 0 Å². The molecule has 1 fully saturated rings. The lowest BCUT2D eigenvalue weighted by Gasteiger charge is -2.22. The first-order valence-corrected chi connectivity index (χ1v) is 5.56. The highest BCUT2D eigenvalue weighted by Crippen LogP contribution is 2.21. The van der Waals surface area contributed by atoms with E-state index in [-0.39, 0.29) is 0 Å². The third-order valence-corrected chi connectivity index (χ3v) is 2.97. The van der Waals surface area contributed by atoms with Gasteiger partial charge in [0.05, 0.1) is 5.60 Å². The van der Waals surface area contributed by atoms with Crippen molar-refractivity contribution in [2.45, 2.75) is 38.3 Å². The fourth-order valence-corrected chi connectivity index (χ4v) is 2.17. The zero-order chi connectivity index (χ0) is 10.9. The molecule has 0 aliphatic carbocycles. The Labute approximate surface area is 90.3 Å². The Bertz CT molecular complexity index is 326. The molecule has 84 valence electrons. The van der Waals surface area contributed by atoms with Crippen molar-refractivity contribution >= 4 is 0 Å². The molecule has 2 N–H and O–H groups in total. The van der Waals surface area contributed by atoms with Gasteiger partial charge in [-0.25, -0.2) is 0 Å². The molecule has 2 rings (SSSR count). The molecule has 4 nitrogen and oxygen atoms in total.